The minimum Gasteiger partial charge on any atom is -0.326 e. The van der Waals surface area contributed by atoms with Gasteiger partial charge < -0.3 is 5.73 Å². The van der Waals surface area contributed by atoms with Crippen LogP contribution in [-0.2, 0) is 10.0 Å². The third-order valence-corrected chi connectivity index (χ3v) is 5.39. The first-order chi connectivity index (χ1) is 9.72. The summed E-state index contributed by atoms with van der Waals surface area (Å²) >= 11 is 0. The summed E-state index contributed by atoms with van der Waals surface area (Å²) in [6.45, 7) is 3.43. The van der Waals surface area contributed by atoms with Crippen molar-refractivity contribution in [1.82, 2.24) is 4.72 Å². The molecule has 1 aliphatic rings. The van der Waals surface area contributed by atoms with Crippen LogP contribution in [0.5, 0.6) is 0 Å². The summed E-state index contributed by atoms with van der Waals surface area (Å²) in [5.74, 6) is 0.376. The van der Waals surface area contributed by atoms with Crippen LogP contribution in [0.25, 0.3) is 0 Å². The van der Waals surface area contributed by atoms with Crippen LogP contribution in [-0.4, -0.2) is 25.9 Å². The molecule has 0 radical (unpaired) electrons. The fourth-order valence-corrected chi connectivity index (χ4v) is 3.58. The zero-order valence-corrected chi connectivity index (χ0v) is 14.0. The Bertz CT molecular complexity index is 674. The van der Waals surface area contributed by atoms with E-state index in [2.05, 4.69) is 4.72 Å². The van der Waals surface area contributed by atoms with Crippen LogP contribution in [0.4, 0.5) is 5.69 Å². The monoisotopic (exact) mass is 349 g/mol. The van der Waals surface area contributed by atoms with E-state index in [4.69, 9.17) is 5.73 Å². The average Bonchev–Trinajstić information content (AvgIpc) is 3.23. The van der Waals surface area contributed by atoms with Gasteiger partial charge in [-0.25, -0.2) is 13.1 Å². The lowest BCUT2D eigenvalue weighted by Gasteiger charge is -2.14. The van der Waals surface area contributed by atoms with E-state index in [1.54, 1.807) is 13.8 Å². The third kappa shape index (κ3) is 4.16. The first-order valence-corrected chi connectivity index (χ1v) is 8.21. The molecule has 1 atom stereocenters. The van der Waals surface area contributed by atoms with Gasteiger partial charge in [-0.1, -0.05) is 0 Å². The van der Waals surface area contributed by atoms with Crippen LogP contribution < -0.4 is 10.5 Å². The van der Waals surface area contributed by atoms with Gasteiger partial charge in [0.05, 0.1) is 9.82 Å². The molecule has 0 aromatic heterocycles. The Morgan fingerprint density at radius 1 is 1.41 bits per heavy atom. The van der Waals surface area contributed by atoms with Crippen molar-refractivity contribution in [2.24, 2.45) is 11.7 Å². The summed E-state index contributed by atoms with van der Waals surface area (Å²) < 4.78 is 27.1. The van der Waals surface area contributed by atoms with Crippen molar-refractivity contribution in [3.63, 3.8) is 0 Å². The molecule has 1 fully saturated rings. The number of sulfonamides is 1. The molecule has 0 aliphatic heterocycles. The summed E-state index contributed by atoms with van der Waals surface area (Å²) in [5, 5.41) is 10.9. The second-order valence-electron chi connectivity index (χ2n) is 5.50. The van der Waals surface area contributed by atoms with Crippen molar-refractivity contribution in [1.29, 1.82) is 0 Å². The SMILES string of the molecule is Cc1cc([N+](=O)[O-])cc(S(=O)(=O)NCC(N)C2CC2)c1C.Cl. The van der Waals surface area contributed by atoms with Gasteiger partial charge in [0.2, 0.25) is 10.0 Å². The van der Waals surface area contributed by atoms with E-state index >= 15 is 0 Å². The molecule has 22 heavy (non-hydrogen) atoms. The number of nitrogens with two attached hydrogens (primary N) is 1. The largest absolute Gasteiger partial charge is 0.326 e. The second-order valence-corrected chi connectivity index (χ2v) is 7.23. The molecular weight excluding hydrogens is 330 g/mol. The van der Waals surface area contributed by atoms with Crippen molar-refractivity contribution in [2.75, 3.05) is 6.54 Å². The molecule has 0 heterocycles. The quantitative estimate of drug-likeness (QED) is 0.598. The Kier molecular flexibility index (Phi) is 5.91. The molecule has 124 valence electrons. The first-order valence-electron chi connectivity index (χ1n) is 6.73. The van der Waals surface area contributed by atoms with Crippen molar-refractivity contribution in [3.05, 3.63) is 33.4 Å². The number of rotatable bonds is 6. The van der Waals surface area contributed by atoms with E-state index in [0.29, 0.717) is 17.0 Å². The normalized spacial score (nSPS) is 16.0. The Balaban J connectivity index is 0.00000242. The fourth-order valence-electron chi connectivity index (χ4n) is 2.17. The molecule has 0 amide bonds. The van der Waals surface area contributed by atoms with E-state index in [1.807, 2.05) is 0 Å². The van der Waals surface area contributed by atoms with Crippen LogP contribution in [0, 0.1) is 29.9 Å². The zero-order chi connectivity index (χ0) is 15.8. The lowest BCUT2D eigenvalue weighted by Crippen LogP contribution is -2.38. The summed E-state index contributed by atoms with van der Waals surface area (Å²) in [4.78, 5) is 10.2. The van der Waals surface area contributed by atoms with Crippen LogP contribution in [0.15, 0.2) is 17.0 Å². The maximum atomic E-state index is 12.3. The van der Waals surface area contributed by atoms with Crippen LogP contribution in [0.3, 0.4) is 0 Å². The predicted octanol–water partition coefficient (Wildman–Crippen LogP) is 1.65. The van der Waals surface area contributed by atoms with E-state index in [9.17, 15) is 18.5 Å². The van der Waals surface area contributed by atoms with Gasteiger partial charge in [0.25, 0.3) is 5.69 Å². The first kappa shape index (κ1) is 18.8. The Hall–Kier alpha value is -1.22. The summed E-state index contributed by atoms with van der Waals surface area (Å²) in [6, 6.07) is 2.25. The van der Waals surface area contributed by atoms with Gasteiger partial charge in [0.15, 0.2) is 0 Å². The highest BCUT2D eigenvalue weighted by atomic mass is 35.5. The minimum absolute atomic E-state index is 0. The molecule has 2 rings (SSSR count). The van der Waals surface area contributed by atoms with Crippen molar-refractivity contribution < 1.29 is 13.3 Å². The minimum atomic E-state index is -3.80. The number of nitro benzene ring substituents is 1. The van der Waals surface area contributed by atoms with Crippen molar-refractivity contribution in [2.45, 2.75) is 37.6 Å². The molecule has 0 saturated heterocycles. The molecule has 1 aromatic carbocycles. The molecule has 9 heteroatoms. The van der Waals surface area contributed by atoms with E-state index in [0.717, 1.165) is 18.9 Å². The second kappa shape index (κ2) is 6.91. The number of hydrogen-bond acceptors (Lipinski definition) is 5. The van der Waals surface area contributed by atoms with Crippen molar-refractivity contribution >= 4 is 28.1 Å². The number of hydrogen-bond donors (Lipinski definition) is 2. The van der Waals surface area contributed by atoms with Gasteiger partial charge in [0, 0.05) is 24.7 Å². The van der Waals surface area contributed by atoms with Gasteiger partial charge in [-0.05, 0) is 43.7 Å². The predicted molar refractivity (Wildman–Crippen MR) is 85.7 cm³/mol. The van der Waals surface area contributed by atoms with Crippen LogP contribution >= 0.6 is 12.4 Å². The summed E-state index contributed by atoms with van der Waals surface area (Å²) in [5.41, 5.74) is 6.72. The van der Waals surface area contributed by atoms with Gasteiger partial charge >= 0.3 is 0 Å². The van der Waals surface area contributed by atoms with E-state index in [-0.39, 0.29) is 35.6 Å². The van der Waals surface area contributed by atoms with Gasteiger partial charge in [-0.3, -0.25) is 10.1 Å². The zero-order valence-electron chi connectivity index (χ0n) is 12.4. The highest BCUT2D eigenvalue weighted by Gasteiger charge is 2.30. The lowest BCUT2D eigenvalue weighted by atomic mass is 10.1. The number of aryl methyl sites for hydroxylation is 1. The molecule has 1 unspecified atom stereocenters. The van der Waals surface area contributed by atoms with Gasteiger partial charge in [-0.2, -0.15) is 0 Å². The van der Waals surface area contributed by atoms with Crippen molar-refractivity contribution in [3.8, 4) is 0 Å². The summed E-state index contributed by atoms with van der Waals surface area (Å²) in [7, 11) is -3.80. The number of halogens is 1. The molecule has 3 N–H and O–H groups in total. The molecule has 1 aliphatic carbocycles. The Morgan fingerprint density at radius 2 is 2.00 bits per heavy atom. The smallest absolute Gasteiger partial charge is 0.271 e. The standard InChI is InChI=1S/C13H19N3O4S.ClH/c1-8-5-11(16(17)18)6-13(9(8)2)21(19,20)15-7-12(14)10-3-4-10;/h5-6,10,12,15H,3-4,7,14H2,1-2H3;1H. The highest BCUT2D eigenvalue weighted by molar-refractivity contribution is 7.89. The fraction of sp³-hybridized carbons (Fsp3) is 0.538. The van der Waals surface area contributed by atoms with Gasteiger partial charge in [0.1, 0.15) is 0 Å². The van der Waals surface area contributed by atoms with Crippen LogP contribution in [0.1, 0.15) is 24.0 Å². The molecule has 1 aromatic rings. The topological polar surface area (TPSA) is 115 Å². The number of benzene rings is 1. The molecule has 7 nitrogen and oxygen atoms in total. The highest BCUT2D eigenvalue weighted by Crippen LogP contribution is 2.31. The number of nitrogens with one attached hydrogen (secondary N) is 1. The molecular formula is C13H20ClN3O4S. The van der Waals surface area contributed by atoms with E-state index in [1.165, 1.54) is 6.07 Å². The van der Waals surface area contributed by atoms with E-state index < -0.39 is 14.9 Å². The Morgan fingerprint density at radius 3 is 2.50 bits per heavy atom. The molecule has 0 spiro atoms. The number of non-ortho nitro benzene ring substituents is 1. The van der Waals surface area contributed by atoms with Crippen LogP contribution in [0.2, 0.25) is 0 Å². The maximum absolute atomic E-state index is 12.3. The number of nitro groups is 1. The average molecular weight is 350 g/mol. The van der Waals surface area contributed by atoms with Gasteiger partial charge in [-0.15, -0.1) is 12.4 Å². The molecule has 0 bridgehead atoms. The Labute approximate surface area is 135 Å². The lowest BCUT2D eigenvalue weighted by molar-refractivity contribution is -0.385. The summed E-state index contributed by atoms with van der Waals surface area (Å²) in [6.07, 6.45) is 2.05. The third-order valence-electron chi connectivity index (χ3n) is 3.84. The molecule has 1 saturated carbocycles. The maximum Gasteiger partial charge on any atom is 0.271 e. The number of nitrogens with zero attached hydrogens (tertiary/aromatic N) is 1.